The van der Waals surface area contributed by atoms with E-state index in [9.17, 15) is 4.79 Å². The van der Waals surface area contributed by atoms with Crippen LogP contribution in [0.3, 0.4) is 0 Å². The van der Waals surface area contributed by atoms with Crippen LogP contribution < -0.4 is 0 Å². The molecule has 2 nitrogen and oxygen atoms in total. The first-order valence-electron chi connectivity index (χ1n) is 12.7. The molecule has 0 saturated heterocycles. The molecular weight excluding hydrogens is 547 g/mol. The SMILES string of the molecule is CCOC(=O)/C=[C](\c1ccccc1)[Sn]([CH3])([CH3])[C]12c3ccccc3C(c3ccccc31)c1ccccc12. The molecule has 178 valence electrons. The van der Waals surface area contributed by atoms with Crippen molar-refractivity contribution < 1.29 is 9.53 Å². The van der Waals surface area contributed by atoms with Crippen LogP contribution >= 0.6 is 0 Å². The Morgan fingerprint density at radius 2 is 1.19 bits per heavy atom. The molecule has 2 bridgehead atoms. The van der Waals surface area contributed by atoms with Crippen molar-refractivity contribution in [1.82, 2.24) is 0 Å². The maximum absolute atomic E-state index is 13.0. The van der Waals surface area contributed by atoms with Crippen molar-refractivity contribution >= 4 is 27.9 Å². The second-order valence-corrected chi connectivity index (χ2v) is 23.2. The van der Waals surface area contributed by atoms with Crippen LogP contribution in [-0.4, -0.2) is 31.0 Å². The first-order chi connectivity index (χ1) is 17.5. The monoisotopic (exact) mass is 578 g/mol. The molecule has 0 aliphatic heterocycles. The van der Waals surface area contributed by atoms with Crippen molar-refractivity contribution in [2.75, 3.05) is 6.61 Å². The van der Waals surface area contributed by atoms with Crippen LogP contribution in [0.2, 0.25) is 9.88 Å². The van der Waals surface area contributed by atoms with Gasteiger partial charge in [0, 0.05) is 0 Å². The molecule has 36 heavy (non-hydrogen) atoms. The molecule has 0 N–H and O–H groups in total. The standard InChI is InChI=1S/C20H13.C11H11O2.2CH3.Sn/c1-2-8-14-13(7-1)19-15-9-3-5-11-17(15)20(14)18-12-6-4-10-16(18)19;1-2-13-11(12)9-8-10-6-4-3-5-7-10;;;/h1-12,19H;3-7,9H,2H2,1H3;2*1H3;. The summed E-state index contributed by atoms with van der Waals surface area (Å²) in [5.41, 5.74) is 9.59. The van der Waals surface area contributed by atoms with Gasteiger partial charge in [0.05, 0.1) is 0 Å². The number of ether oxygens (including phenoxy) is 1. The Labute approximate surface area is 217 Å². The number of hydrogen-bond acceptors (Lipinski definition) is 2. The summed E-state index contributed by atoms with van der Waals surface area (Å²) < 4.78 is 6.39. The minimum atomic E-state index is -3.63. The van der Waals surface area contributed by atoms with Crippen LogP contribution in [-0.2, 0) is 13.0 Å². The van der Waals surface area contributed by atoms with E-state index in [1.165, 1.54) is 37.0 Å². The molecule has 0 heterocycles. The molecule has 0 amide bonds. The molecule has 0 spiro atoms. The van der Waals surface area contributed by atoms with Crippen LogP contribution in [0.1, 0.15) is 51.8 Å². The maximum atomic E-state index is 13.0. The van der Waals surface area contributed by atoms with Crippen LogP contribution in [0, 0.1) is 0 Å². The Bertz CT molecular complexity index is 1380. The van der Waals surface area contributed by atoms with E-state index in [0.29, 0.717) is 6.61 Å². The molecule has 4 aromatic rings. The van der Waals surface area contributed by atoms with Gasteiger partial charge in [-0.15, -0.1) is 0 Å². The third kappa shape index (κ3) is 3.13. The number of hydrogen-bond donors (Lipinski definition) is 0. The Morgan fingerprint density at radius 3 is 1.67 bits per heavy atom. The summed E-state index contributed by atoms with van der Waals surface area (Å²) in [7, 11) is 0. The number of rotatable bonds is 5. The van der Waals surface area contributed by atoms with Crippen LogP contribution in [0.4, 0.5) is 0 Å². The zero-order chi connectivity index (χ0) is 24.9. The summed E-state index contributed by atoms with van der Waals surface area (Å²) in [5, 5.41) is 0. The number of carbonyl (C=O) groups excluding carboxylic acids is 1. The Hall–Kier alpha value is -3.11. The van der Waals surface area contributed by atoms with Crippen LogP contribution in [0.5, 0.6) is 0 Å². The number of esters is 1. The first kappa shape index (κ1) is 23.3. The van der Waals surface area contributed by atoms with Crippen molar-refractivity contribution in [3.8, 4) is 0 Å². The van der Waals surface area contributed by atoms with E-state index < -0.39 is 18.4 Å². The van der Waals surface area contributed by atoms with Gasteiger partial charge in [0.15, 0.2) is 0 Å². The third-order valence-electron chi connectivity index (χ3n) is 8.27. The average Bonchev–Trinajstić information content (AvgIpc) is 2.92. The van der Waals surface area contributed by atoms with E-state index in [-0.39, 0.29) is 15.3 Å². The summed E-state index contributed by atoms with van der Waals surface area (Å²) in [4.78, 5) is 18.0. The van der Waals surface area contributed by atoms with E-state index in [1.54, 1.807) is 0 Å². The van der Waals surface area contributed by atoms with E-state index in [4.69, 9.17) is 4.74 Å². The summed E-state index contributed by atoms with van der Waals surface area (Å²) in [5.74, 6) is -0.0105. The first-order valence-corrected chi connectivity index (χ1v) is 21.3. The fourth-order valence-electron chi connectivity index (χ4n) is 6.96. The van der Waals surface area contributed by atoms with Gasteiger partial charge in [-0.2, -0.15) is 0 Å². The number of benzene rings is 4. The Balaban J connectivity index is 1.75. The van der Waals surface area contributed by atoms with E-state index >= 15 is 0 Å². The third-order valence-corrected chi connectivity index (χ3v) is 21.0. The van der Waals surface area contributed by atoms with Gasteiger partial charge in [0.2, 0.25) is 0 Å². The molecule has 7 rings (SSSR count). The van der Waals surface area contributed by atoms with Crippen molar-refractivity contribution in [2.45, 2.75) is 26.2 Å². The summed E-state index contributed by atoms with van der Waals surface area (Å²) in [6.07, 6.45) is 1.82. The van der Waals surface area contributed by atoms with Gasteiger partial charge < -0.3 is 0 Å². The van der Waals surface area contributed by atoms with E-state index in [1.807, 2.05) is 19.1 Å². The normalized spacial score (nSPS) is 19.8. The van der Waals surface area contributed by atoms with Gasteiger partial charge in [-0.3, -0.25) is 0 Å². The molecule has 0 atom stereocenters. The van der Waals surface area contributed by atoms with E-state index in [2.05, 4.69) is 107 Å². The molecule has 4 aromatic carbocycles. The number of carbonyl (C=O) groups is 1. The topological polar surface area (TPSA) is 26.3 Å². The van der Waals surface area contributed by atoms with E-state index in [0.717, 1.165) is 5.56 Å². The second-order valence-electron chi connectivity index (χ2n) is 10.2. The van der Waals surface area contributed by atoms with Crippen LogP contribution in [0.25, 0.3) is 3.59 Å². The van der Waals surface area contributed by atoms with Crippen molar-refractivity contribution in [1.29, 1.82) is 0 Å². The zero-order valence-corrected chi connectivity index (χ0v) is 23.8. The van der Waals surface area contributed by atoms with Gasteiger partial charge in [0.25, 0.3) is 0 Å². The Morgan fingerprint density at radius 1 is 0.750 bits per heavy atom. The van der Waals surface area contributed by atoms with Gasteiger partial charge in [0.1, 0.15) is 0 Å². The summed E-state index contributed by atoms with van der Waals surface area (Å²) >= 11 is -3.63. The van der Waals surface area contributed by atoms with Gasteiger partial charge in [-0.05, 0) is 0 Å². The predicted octanol–water partition coefficient (Wildman–Crippen LogP) is 7.26. The zero-order valence-electron chi connectivity index (χ0n) is 21.0. The van der Waals surface area contributed by atoms with Crippen molar-refractivity contribution in [3.63, 3.8) is 0 Å². The molecule has 0 unspecified atom stereocenters. The molecule has 3 aliphatic carbocycles. The molecule has 0 saturated carbocycles. The fraction of sp³-hybridized carbons (Fsp3) is 0.182. The average molecular weight is 577 g/mol. The Kier molecular flexibility index (Phi) is 5.68. The van der Waals surface area contributed by atoms with Crippen LogP contribution in [0.15, 0.2) is 109 Å². The molecule has 0 radical (unpaired) electrons. The molecular formula is C33H30O2Sn. The van der Waals surface area contributed by atoms with Gasteiger partial charge in [-0.25, -0.2) is 0 Å². The van der Waals surface area contributed by atoms with Gasteiger partial charge in [-0.1, -0.05) is 0 Å². The fourth-order valence-corrected chi connectivity index (χ4v) is 19.7. The minimum absolute atomic E-state index is 0.242. The molecule has 0 fully saturated rings. The molecule has 3 aliphatic rings. The van der Waals surface area contributed by atoms with Crippen molar-refractivity contribution in [3.05, 3.63) is 148 Å². The van der Waals surface area contributed by atoms with Crippen molar-refractivity contribution in [2.24, 2.45) is 0 Å². The molecule has 0 aromatic heterocycles. The summed E-state index contributed by atoms with van der Waals surface area (Å²) in [6.45, 7) is 2.24. The summed E-state index contributed by atoms with van der Waals surface area (Å²) in [6, 6.07) is 37.6. The second kappa shape index (κ2) is 8.77. The predicted molar refractivity (Wildman–Crippen MR) is 149 cm³/mol. The van der Waals surface area contributed by atoms with Gasteiger partial charge >= 0.3 is 218 Å². The molecule has 3 heteroatoms. The quantitative estimate of drug-likeness (QED) is 0.142.